The summed E-state index contributed by atoms with van der Waals surface area (Å²) in [5, 5.41) is 11.1. The Bertz CT molecular complexity index is 586. The Morgan fingerprint density at radius 1 is 0.900 bits per heavy atom. The Morgan fingerprint density at radius 3 is 2.10 bits per heavy atom. The van der Waals surface area contributed by atoms with E-state index >= 15 is 0 Å². The second-order valence-electron chi connectivity index (χ2n) is 5.80. The van der Waals surface area contributed by atoms with Crippen molar-refractivity contribution < 1.29 is 5.11 Å². The number of benzene rings is 2. The van der Waals surface area contributed by atoms with E-state index in [-0.39, 0.29) is 0 Å². The van der Waals surface area contributed by atoms with Crippen molar-refractivity contribution in [2.75, 3.05) is 0 Å². The molecule has 0 aromatic heterocycles. The van der Waals surface area contributed by atoms with Crippen molar-refractivity contribution in [3.63, 3.8) is 0 Å². The van der Waals surface area contributed by atoms with Crippen LogP contribution in [0.3, 0.4) is 0 Å². The third-order valence-corrected chi connectivity index (χ3v) is 4.27. The third-order valence-electron chi connectivity index (χ3n) is 4.27. The van der Waals surface area contributed by atoms with E-state index in [1.165, 1.54) is 22.3 Å². The summed E-state index contributed by atoms with van der Waals surface area (Å²) in [6.07, 6.45) is 1.37. The average Bonchev–Trinajstić information content (AvgIpc) is 2.43. The van der Waals surface area contributed by atoms with Crippen LogP contribution in [0.25, 0.3) is 0 Å². The minimum absolute atomic E-state index is 0.660. The molecular weight excluding hydrogens is 244 g/mol. The van der Waals surface area contributed by atoms with E-state index in [1.807, 2.05) is 18.2 Å². The molecule has 0 aliphatic heterocycles. The second-order valence-corrected chi connectivity index (χ2v) is 5.80. The fourth-order valence-corrected chi connectivity index (χ4v) is 2.81. The zero-order chi connectivity index (χ0) is 14.8. The van der Waals surface area contributed by atoms with E-state index in [0.717, 1.165) is 5.56 Å². The van der Waals surface area contributed by atoms with Gasteiger partial charge in [-0.05, 0) is 55.0 Å². The van der Waals surface area contributed by atoms with Crippen LogP contribution >= 0.6 is 0 Å². The summed E-state index contributed by atoms with van der Waals surface area (Å²) >= 11 is 0. The minimum Gasteiger partial charge on any atom is -0.385 e. The van der Waals surface area contributed by atoms with Gasteiger partial charge in [-0.3, -0.25) is 0 Å². The first-order valence-corrected chi connectivity index (χ1v) is 7.31. The molecule has 2 aromatic carbocycles. The van der Waals surface area contributed by atoms with E-state index in [0.29, 0.717) is 12.8 Å². The van der Waals surface area contributed by atoms with Crippen molar-refractivity contribution in [2.24, 2.45) is 0 Å². The van der Waals surface area contributed by atoms with E-state index < -0.39 is 5.60 Å². The highest BCUT2D eigenvalue weighted by Crippen LogP contribution is 2.33. The largest absolute Gasteiger partial charge is 0.385 e. The van der Waals surface area contributed by atoms with Gasteiger partial charge in [0.25, 0.3) is 0 Å². The molecule has 1 N–H and O–H groups in total. The summed E-state index contributed by atoms with van der Waals surface area (Å²) in [7, 11) is 0. The van der Waals surface area contributed by atoms with Gasteiger partial charge in [0.2, 0.25) is 0 Å². The molecule has 2 rings (SSSR count). The molecule has 106 valence electrons. The molecule has 0 radical (unpaired) electrons. The molecule has 0 fully saturated rings. The van der Waals surface area contributed by atoms with Crippen molar-refractivity contribution >= 4 is 0 Å². The fraction of sp³-hybridized carbons (Fsp3) is 0.368. The maximum absolute atomic E-state index is 11.1. The molecule has 0 saturated carbocycles. The number of rotatable bonds is 4. The van der Waals surface area contributed by atoms with Crippen LogP contribution in [0.1, 0.15) is 41.2 Å². The zero-order valence-electron chi connectivity index (χ0n) is 12.9. The normalized spacial score (nSPS) is 14.1. The quantitative estimate of drug-likeness (QED) is 0.868. The van der Waals surface area contributed by atoms with Gasteiger partial charge in [-0.1, -0.05) is 49.4 Å². The molecule has 1 atom stereocenters. The van der Waals surface area contributed by atoms with Gasteiger partial charge in [-0.25, -0.2) is 0 Å². The van der Waals surface area contributed by atoms with Gasteiger partial charge in [-0.15, -0.1) is 0 Å². The maximum Gasteiger partial charge on any atom is 0.0936 e. The number of aliphatic hydroxyl groups is 1. The standard InChI is InChI=1S/C19H24O/c1-5-19(20,13-17-9-7-6-8-10-17)18-12-15(3)14(2)11-16(18)4/h6-12,20H,5,13H2,1-4H3. The highest BCUT2D eigenvalue weighted by molar-refractivity contribution is 5.40. The molecule has 0 bridgehead atoms. The summed E-state index contributed by atoms with van der Waals surface area (Å²) in [5.41, 5.74) is 5.15. The van der Waals surface area contributed by atoms with Crippen LogP contribution in [0.5, 0.6) is 0 Å². The summed E-state index contributed by atoms with van der Waals surface area (Å²) in [5.74, 6) is 0. The second kappa shape index (κ2) is 5.80. The molecule has 0 spiro atoms. The van der Waals surface area contributed by atoms with Crippen LogP contribution in [0, 0.1) is 20.8 Å². The Balaban J connectivity index is 2.43. The van der Waals surface area contributed by atoms with Gasteiger partial charge in [0, 0.05) is 6.42 Å². The number of hydrogen-bond donors (Lipinski definition) is 1. The first-order valence-electron chi connectivity index (χ1n) is 7.31. The Morgan fingerprint density at radius 2 is 1.50 bits per heavy atom. The van der Waals surface area contributed by atoms with Crippen LogP contribution in [0.4, 0.5) is 0 Å². The van der Waals surface area contributed by atoms with E-state index in [1.54, 1.807) is 0 Å². The zero-order valence-corrected chi connectivity index (χ0v) is 12.9. The van der Waals surface area contributed by atoms with Gasteiger partial charge in [0.15, 0.2) is 0 Å². The van der Waals surface area contributed by atoms with Crippen molar-refractivity contribution in [1.82, 2.24) is 0 Å². The molecule has 20 heavy (non-hydrogen) atoms. The van der Waals surface area contributed by atoms with Crippen LogP contribution in [0.2, 0.25) is 0 Å². The lowest BCUT2D eigenvalue weighted by Crippen LogP contribution is -2.29. The SMILES string of the molecule is CCC(O)(Cc1ccccc1)c1cc(C)c(C)cc1C. The van der Waals surface area contributed by atoms with Gasteiger partial charge < -0.3 is 5.11 Å². The number of hydrogen-bond acceptors (Lipinski definition) is 1. The highest BCUT2D eigenvalue weighted by atomic mass is 16.3. The van der Waals surface area contributed by atoms with Crippen molar-refractivity contribution in [3.8, 4) is 0 Å². The molecule has 0 heterocycles. The molecule has 0 aliphatic carbocycles. The Labute approximate surface area is 122 Å². The van der Waals surface area contributed by atoms with Crippen molar-refractivity contribution in [1.29, 1.82) is 0 Å². The van der Waals surface area contributed by atoms with Gasteiger partial charge in [0.1, 0.15) is 0 Å². The summed E-state index contributed by atoms with van der Waals surface area (Å²) in [6, 6.07) is 14.6. The molecule has 1 nitrogen and oxygen atoms in total. The lowest BCUT2D eigenvalue weighted by atomic mass is 9.81. The maximum atomic E-state index is 11.1. The monoisotopic (exact) mass is 268 g/mol. The molecule has 1 unspecified atom stereocenters. The first-order chi connectivity index (χ1) is 9.46. The molecule has 1 heteroatoms. The molecule has 2 aromatic rings. The average molecular weight is 268 g/mol. The minimum atomic E-state index is -0.788. The Kier molecular flexibility index (Phi) is 4.29. The predicted molar refractivity (Wildman–Crippen MR) is 85.0 cm³/mol. The van der Waals surface area contributed by atoms with Gasteiger partial charge >= 0.3 is 0 Å². The predicted octanol–water partition coefficient (Wildman–Crippen LogP) is 4.45. The first kappa shape index (κ1) is 14.8. The van der Waals surface area contributed by atoms with Gasteiger partial charge in [-0.2, -0.15) is 0 Å². The van der Waals surface area contributed by atoms with E-state index in [2.05, 4.69) is 52.0 Å². The molecule has 0 amide bonds. The summed E-state index contributed by atoms with van der Waals surface area (Å²) in [6.45, 7) is 8.37. The van der Waals surface area contributed by atoms with Gasteiger partial charge in [0.05, 0.1) is 5.60 Å². The molecule has 0 saturated heterocycles. The lowest BCUT2D eigenvalue weighted by Gasteiger charge is -2.30. The van der Waals surface area contributed by atoms with Crippen LogP contribution in [-0.4, -0.2) is 5.11 Å². The Hall–Kier alpha value is -1.60. The third kappa shape index (κ3) is 2.94. The smallest absolute Gasteiger partial charge is 0.0936 e. The fourth-order valence-electron chi connectivity index (χ4n) is 2.81. The summed E-state index contributed by atoms with van der Waals surface area (Å²) < 4.78 is 0. The van der Waals surface area contributed by atoms with Crippen LogP contribution < -0.4 is 0 Å². The van der Waals surface area contributed by atoms with E-state index in [9.17, 15) is 5.11 Å². The number of aryl methyl sites for hydroxylation is 3. The topological polar surface area (TPSA) is 20.2 Å². The van der Waals surface area contributed by atoms with Crippen LogP contribution in [-0.2, 0) is 12.0 Å². The highest BCUT2D eigenvalue weighted by Gasteiger charge is 2.29. The van der Waals surface area contributed by atoms with E-state index in [4.69, 9.17) is 0 Å². The lowest BCUT2D eigenvalue weighted by molar-refractivity contribution is 0.0320. The van der Waals surface area contributed by atoms with Crippen LogP contribution in [0.15, 0.2) is 42.5 Å². The molecular formula is C19H24O. The van der Waals surface area contributed by atoms with Crippen molar-refractivity contribution in [2.45, 2.75) is 46.1 Å². The molecule has 0 aliphatic rings. The van der Waals surface area contributed by atoms with Crippen molar-refractivity contribution in [3.05, 3.63) is 70.3 Å². The summed E-state index contributed by atoms with van der Waals surface area (Å²) in [4.78, 5) is 0.